The number of halogens is 1. The first-order chi connectivity index (χ1) is 18.7. The second-order valence-corrected chi connectivity index (χ2v) is 10.4. The van der Waals surface area contributed by atoms with Crippen molar-refractivity contribution >= 4 is 29.1 Å². The van der Waals surface area contributed by atoms with Crippen LogP contribution in [0.15, 0.2) is 42.6 Å². The Bertz CT molecular complexity index is 1330. The Morgan fingerprint density at radius 1 is 1.10 bits per heavy atom. The molecule has 0 aliphatic carbocycles. The van der Waals surface area contributed by atoms with Crippen LogP contribution in [-0.4, -0.2) is 96.5 Å². The summed E-state index contributed by atoms with van der Waals surface area (Å²) >= 11 is 6.44. The zero-order valence-electron chi connectivity index (χ0n) is 23.3. The molecule has 0 unspecified atom stereocenters. The zero-order valence-corrected chi connectivity index (χ0v) is 24.1. The van der Waals surface area contributed by atoms with Gasteiger partial charge in [0.25, 0.3) is 11.8 Å². The number of piperazine rings is 1. The van der Waals surface area contributed by atoms with Crippen LogP contribution in [0.1, 0.15) is 33.5 Å². The molecule has 2 heterocycles. The molecule has 0 atom stereocenters. The van der Waals surface area contributed by atoms with E-state index < -0.39 is 0 Å². The molecule has 208 valence electrons. The number of nitrogens with one attached hydrogen (secondary N) is 1. The van der Waals surface area contributed by atoms with Gasteiger partial charge >= 0.3 is 0 Å². The van der Waals surface area contributed by atoms with Gasteiger partial charge in [0.05, 0.1) is 24.0 Å². The molecule has 1 aliphatic rings. The van der Waals surface area contributed by atoms with Gasteiger partial charge in [-0.05, 0) is 62.5 Å². The van der Waals surface area contributed by atoms with Gasteiger partial charge < -0.3 is 24.4 Å². The fourth-order valence-corrected chi connectivity index (χ4v) is 5.01. The van der Waals surface area contributed by atoms with Crippen LogP contribution in [0.5, 0.6) is 5.75 Å². The first-order valence-corrected chi connectivity index (χ1v) is 13.6. The van der Waals surface area contributed by atoms with Crippen LogP contribution in [0.4, 0.5) is 5.69 Å². The van der Waals surface area contributed by atoms with E-state index in [1.165, 1.54) is 0 Å². The van der Waals surface area contributed by atoms with Gasteiger partial charge in [-0.15, -0.1) is 0 Å². The van der Waals surface area contributed by atoms with Gasteiger partial charge in [-0.25, -0.2) is 4.98 Å². The monoisotopic (exact) mass is 552 g/mol. The third-order valence-electron chi connectivity index (χ3n) is 7.14. The molecular formula is C29H37ClN6O3. The van der Waals surface area contributed by atoms with E-state index in [0.717, 1.165) is 37.3 Å². The van der Waals surface area contributed by atoms with Crippen molar-refractivity contribution in [2.45, 2.75) is 13.3 Å². The molecule has 0 bridgehead atoms. The third-order valence-corrected chi connectivity index (χ3v) is 7.45. The maximum absolute atomic E-state index is 13.3. The molecule has 1 saturated heterocycles. The van der Waals surface area contributed by atoms with E-state index in [9.17, 15) is 9.59 Å². The molecule has 1 N–H and O–H groups in total. The van der Waals surface area contributed by atoms with Crippen molar-refractivity contribution in [3.05, 3.63) is 64.6 Å². The largest absolute Gasteiger partial charge is 0.497 e. The highest BCUT2D eigenvalue weighted by molar-refractivity contribution is 6.33. The van der Waals surface area contributed by atoms with Crippen molar-refractivity contribution in [3.63, 3.8) is 0 Å². The summed E-state index contributed by atoms with van der Waals surface area (Å²) in [5.74, 6) is 0.604. The van der Waals surface area contributed by atoms with Gasteiger partial charge in [0.1, 0.15) is 5.75 Å². The third kappa shape index (κ3) is 6.61. The number of nitrogens with zero attached hydrogens (tertiary/aromatic N) is 5. The summed E-state index contributed by atoms with van der Waals surface area (Å²) in [7, 11) is 7.50. The lowest BCUT2D eigenvalue weighted by Crippen LogP contribution is -2.50. The van der Waals surface area contributed by atoms with Crippen molar-refractivity contribution in [2.24, 2.45) is 7.05 Å². The molecule has 1 aromatic heterocycles. The Morgan fingerprint density at radius 2 is 1.85 bits per heavy atom. The second kappa shape index (κ2) is 12.6. The number of carbonyl (C=O) groups excluding carboxylic acids is 2. The molecule has 1 aliphatic heterocycles. The molecule has 0 saturated carbocycles. The van der Waals surface area contributed by atoms with E-state index in [2.05, 4.69) is 34.2 Å². The zero-order chi connectivity index (χ0) is 28.1. The van der Waals surface area contributed by atoms with Crippen LogP contribution in [0, 0.1) is 0 Å². The van der Waals surface area contributed by atoms with E-state index in [0.29, 0.717) is 47.2 Å². The van der Waals surface area contributed by atoms with Crippen molar-refractivity contribution in [2.75, 3.05) is 65.8 Å². The molecule has 2 amide bonds. The van der Waals surface area contributed by atoms with E-state index in [1.807, 2.05) is 36.1 Å². The average Bonchev–Trinajstić information content (AvgIpc) is 3.32. The fraction of sp³-hybridized carbons (Fsp3) is 0.414. The number of rotatable bonds is 9. The highest BCUT2D eigenvalue weighted by atomic mass is 35.5. The molecule has 3 aromatic rings. The number of hydrogen-bond acceptors (Lipinski definition) is 6. The SMILES string of the molecule is CCc1cc(NC(=O)c2ncc(-c3ccc(OC)cc3Cl)n2C)ccc1C(=O)N1CCN(CCN(C)C)CC1. The van der Waals surface area contributed by atoms with Gasteiger partial charge in [-0.3, -0.25) is 14.5 Å². The number of aromatic nitrogens is 2. The molecule has 0 spiro atoms. The first kappa shape index (κ1) is 28.6. The summed E-state index contributed by atoms with van der Waals surface area (Å²) in [4.78, 5) is 37.3. The summed E-state index contributed by atoms with van der Waals surface area (Å²) in [5.41, 5.74) is 3.67. The smallest absolute Gasteiger partial charge is 0.291 e. The minimum absolute atomic E-state index is 0.0436. The summed E-state index contributed by atoms with van der Waals surface area (Å²) in [6.07, 6.45) is 2.30. The maximum atomic E-state index is 13.3. The number of carbonyl (C=O) groups is 2. The quantitative estimate of drug-likeness (QED) is 0.434. The van der Waals surface area contributed by atoms with Crippen LogP contribution >= 0.6 is 11.6 Å². The summed E-state index contributed by atoms with van der Waals surface area (Å²) < 4.78 is 6.93. The number of ether oxygens (including phenoxy) is 1. The molecule has 39 heavy (non-hydrogen) atoms. The number of anilines is 1. The molecule has 1 fully saturated rings. The maximum Gasteiger partial charge on any atom is 0.291 e. The highest BCUT2D eigenvalue weighted by Crippen LogP contribution is 2.31. The fourth-order valence-electron chi connectivity index (χ4n) is 4.75. The lowest BCUT2D eigenvalue weighted by molar-refractivity contribution is 0.0628. The van der Waals surface area contributed by atoms with E-state index in [4.69, 9.17) is 16.3 Å². The number of amides is 2. The van der Waals surface area contributed by atoms with E-state index >= 15 is 0 Å². The van der Waals surface area contributed by atoms with E-state index in [1.54, 1.807) is 37.1 Å². The molecular weight excluding hydrogens is 516 g/mol. The van der Waals surface area contributed by atoms with Crippen molar-refractivity contribution in [1.82, 2.24) is 24.3 Å². The number of hydrogen-bond donors (Lipinski definition) is 1. The Morgan fingerprint density at radius 3 is 2.49 bits per heavy atom. The summed E-state index contributed by atoms with van der Waals surface area (Å²) in [6.45, 7) is 7.22. The topological polar surface area (TPSA) is 82.9 Å². The Balaban J connectivity index is 1.44. The normalized spacial score (nSPS) is 14.1. The van der Waals surface area contributed by atoms with Gasteiger partial charge in [0.2, 0.25) is 0 Å². The predicted molar refractivity (Wildman–Crippen MR) is 155 cm³/mol. The van der Waals surface area contributed by atoms with Crippen LogP contribution in [0.25, 0.3) is 11.3 Å². The Hall–Kier alpha value is -3.40. The van der Waals surface area contributed by atoms with Crippen molar-refractivity contribution in [3.8, 4) is 17.0 Å². The minimum atomic E-state index is -0.344. The standard InChI is InChI=1S/C29H37ClN6O3/c1-6-20-17-21(7-9-23(20)29(38)36-15-13-35(14-16-36)12-11-33(2)3)32-28(37)27-31-19-26(34(27)4)24-10-8-22(39-5)18-25(24)30/h7-10,17-19H,6,11-16H2,1-5H3,(H,32,37). The molecule has 10 heteroatoms. The highest BCUT2D eigenvalue weighted by Gasteiger charge is 2.24. The van der Waals surface area contributed by atoms with Crippen LogP contribution in [-0.2, 0) is 13.5 Å². The predicted octanol–water partition coefficient (Wildman–Crippen LogP) is 3.88. The van der Waals surface area contributed by atoms with Crippen molar-refractivity contribution < 1.29 is 14.3 Å². The minimum Gasteiger partial charge on any atom is -0.497 e. The molecule has 2 aromatic carbocycles. The summed E-state index contributed by atoms with van der Waals surface area (Å²) in [6, 6.07) is 10.9. The Labute approximate surface area is 235 Å². The van der Waals surface area contributed by atoms with Gasteiger partial charge in [-0.2, -0.15) is 0 Å². The number of benzene rings is 2. The van der Waals surface area contributed by atoms with Crippen LogP contribution < -0.4 is 10.1 Å². The van der Waals surface area contributed by atoms with Crippen LogP contribution in [0.2, 0.25) is 5.02 Å². The number of imidazole rings is 1. The number of likely N-dealkylation sites (N-methyl/N-ethyl adjacent to an activating group) is 1. The number of methoxy groups -OCH3 is 1. The van der Waals surface area contributed by atoms with E-state index in [-0.39, 0.29) is 17.6 Å². The average molecular weight is 553 g/mol. The van der Waals surface area contributed by atoms with Gasteiger partial charge in [0.15, 0.2) is 5.82 Å². The number of aryl methyl sites for hydroxylation is 1. The summed E-state index contributed by atoms with van der Waals surface area (Å²) in [5, 5.41) is 3.44. The molecule has 0 radical (unpaired) electrons. The second-order valence-electron chi connectivity index (χ2n) is 9.99. The molecule has 4 rings (SSSR count). The lowest BCUT2D eigenvalue weighted by Gasteiger charge is -2.35. The van der Waals surface area contributed by atoms with Crippen molar-refractivity contribution in [1.29, 1.82) is 0 Å². The van der Waals surface area contributed by atoms with Crippen LogP contribution in [0.3, 0.4) is 0 Å². The Kier molecular flexibility index (Phi) is 9.27. The first-order valence-electron chi connectivity index (χ1n) is 13.2. The molecule has 9 nitrogen and oxygen atoms in total. The lowest BCUT2D eigenvalue weighted by atomic mass is 10.0. The van der Waals surface area contributed by atoms with Gasteiger partial charge in [0, 0.05) is 63.1 Å². The van der Waals surface area contributed by atoms with Gasteiger partial charge in [-0.1, -0.05) is 18.5 Å².